The van der Waals surface area contributed by atoms with Gasteiger partial charge in [-0.25, -0.2) is 14.6 Å². The van der Waals surface area contributed by atoms with Gasteiger partial charge >= 0.3 is 6.01 Å². The Kier molecular flexibility index (Phi) is 2.75. The van der Waals surface area contributed by atoms with Crippen molar-refractivity contribution in [1.82, 2.24) is 34.8 Å². The second-order valence-corrected chi connectivity index (χ2v) is 3.85. The predicted molar refractivity (Wildman–Crippen MR) is 66.4 cm³/mol. The van der Waals surface area contributed by atoms with E-state index in [0.717, 1.165) is 0 Å². The minimum absolute atomic E-state index is 0.141. The molecule has 0 saturated carbocycles. The molecule has 10 heteroatoms. The van der Waals surface area contributed by atoms with Crippen molar-refractivity contribution in [1.29, 1.82) is 0 Å². The van der Waals surface area contributed by atoms with Gasteiger partial charge in [-0.2, -0.15) is 15.1 Å². The van der Waals surface area contributed by atoms with Crippen molar-refractivity contribution >= 4 is 17.6 Å². The molecule has 3 rings (SSSR count). The molecule has 3 aromatic heterocycles. The molecule has 102 valence electrons. The molecule has 2 N–H and O–H groups in total. The molecular formula is C10H10N8O2. The standard InChI is InChI=1S/C10H10N8O2/c1-5-6(3-11-9-12-4-13-18(5)9)7(19)14-8-15-10(20-2)17-16-8/h3-4H,1-2H3,(H2,14,15,16,17,19). The van der Waals surface area contributed by atoms with Crippen molar-refractivity contribution in [2.45, 2.75) is 6.92 Å². The Labute approximate surface area is 112 Å². The Morgan fingerprint density at radius 2 is 2.30 bits per heavy atom. The number of carbonyl (C=O) groups excluding carboxylic acids is 1. The van der Waals surface area contributed by atoms with E-state index in [1.807, 2.05) is 0 Å². The number of aryl methyl sites for hydroxylation is 1. The minimum Gasteiger partial charge on any atom is -0.466 e. The largest absolute Gasteiger partial charge is 0.466 e. The average molecular weight is 274 g/mol. The van der Waals surface area contributed by atoms with Crippen LogP contribution in [0.4, 0.5) is 5.95 Å². The molecule has 0 aromatic carbocycles. The van der Waals surface area contributed by atoms with Crippen LogP contribution < -0.4 is 10.1 Å². The minimum atomic E-state index is -0.383. The van der Waals surface area contributed by atoms with Crippen molar-refractivity contribution in [2.24, 2.45) is 0 Å². The summed E-state index contributed by atoms with van der Waals surface area (Å²) in [6.45, 7) is 1.75. The third-order valence-electron chi connectivity index (χ3n) is 2.67. The highest BCUT2D eigenvalue weighted by Crippen LogP contribution is 2.11. The third-order valence-corrected chi connectivity index (χ3v) is 2.67. The zero-order valence-corrected chi connectivity index (χ0v) is 10.7. The van der Waals surface area contributed by atoms with Crippen molar-refractivity contribution in [3.63, 3.8) is 0 Å². The van der Waals surface area contributed by atoms with Gasteiger partial charge in [0.05, 0.1) is 18.4 Å². The van der Waals surface area contributed by atoms with E-state index in [0.29, 0.717) is 17.0 Å². The maximum absolute atomic E-state index is 12.2. The van der Waals surface area contributed by atoms with Gasteiger partial charge in [0.25, 0.3) is 11.7 Å². The number of H-pyrrole nitrogens is 1. The summed E-state index contributed by atoms with van der Waals surface area (Å²) in [5, 5.41) is 12.8. The van der Waals surface area contributed by atoms with Crippen LogP contribution >= 0.6 is 0 Å². The molecule has 3 aromatic rings. The van der Waals surface area contributed by atoms with Crippen LogP contribution in [-0.4, -0.2) is 47.8 Å². The summed E-state index contributed by atoms with van der Waals surface area (Å²) in [6, 6.07) is 0.141. The fourth-order valence-corrected chi connectivity index (χ4v) is 1.68. The van der Waals surface area contributed by atoms with Gasteiger partial charge in [-0.1, -0.05) is 0 Å². The fourth-order valence-electron chi connectivity index (χ4n) is 1.68. The lowest BCUT2D eigenvalue weighted by atomic mass is 10.2. The molecular weight excluding hydrogens is 264 g/mol. The van der Waals surface area contributed by atoms with Gasteiger partial charge < -0.3 is 4.74 Å². The molecule has 0 saturated heterocycles. The molecule has 1 amide bonds. The lowest BCUT2D eigenvalue weighted by molar-refractivity contribution is 0.102. The summed E-state index contributed by atoms with van der Waals surface area (Å²) < 4.78 is 6.30. The summed E-state index contributed by atoms with van der Waals surface area (Å²) >= 11 is 0. The third kappa shape index (κ3) is 1.92. The summed E-state index contributed by atoms with van der Waals surface area (Å²) in [5.74, 6) is 0.233. The molecule has 0 fully saturated rings. The van der Waals surface area contributed by atoms with Crippen LogP contribution in [0.5, 0.6) is 6.01 Å². The number of nitrogens with zero attached hydrogens (tertiary/aromatic N) is 6. The quantitative estimate of drug-likeness (QED) is 0.678. The van der Waals surface area contributed by atoms with E-state index < -0.39 is 0 Å². The highest BCUT2D eigenvalue weighted by atomic mass is 16.5. The van der Waals surface area contributed by atoms with E-state index in [-0.39, 0.29) is 17.9 Å². The molecule has 0 atom stereocenters. The molecule has 10 nitrogen and oxygen atoms in total. The van der Waals surface area contributed by atoms with Crippen molar-refractivity contribution in [3.05, 3.63) is 23.8 Å². The van der Waals surface area contributed by atoms with Gasteiger partial charge in [-0.3, -0.25) is 10.1 Å². The summed E-state index contributed by atoms with van der Waals surface area (Å²) in [6.07, 6.45) is 2.81. The number of fused-ring (bicyclic) bond motifs is 1. The molecule has 0 aliphatic rings. The number of hydrogen-bond acceptors (Lipinski definition) is 7. The summed E-state index contributed by atoms with van der Waals surface area (Å²) in [5.41, 5.74) is 0.981. The molecule has 0 radical (unpaired) electrons. The Morgan fingerprint density at radius 3 is 3.05 bits per heavy atom. The SMILES string of the molecule is COc1n[nH]c(NC(=O)c2cnc3ncnn3c2C)n1. The Balaban J connectivity index is 1.90. The van der Waals surface area contributed by atoms with Gasteiger partial charge in [-0.05, 0) is 6.92 Å². The highest BCUT2D eigenvalue weighted by molar-refractivity contribution is 6.03. The Morgan fingerprint density at radius 1 is 1.45 bits per heavy atom. The van der Waals surface area contributed by atoms with Gasteiger partial charge in [0.1, 0.15) is 6.33 Å². The Bertz CT molecular complexity index is 777. The van der Waals surface area contributed by atoms with Crippen LogP contribution in [0.1, 0.15) is 16.1 Å². The zero-order chi connectivity index (χ0) is 14.1. The molecule has 3 heterocycles. The van der Waals surface area contributed by atoms with E-state index >= 15 is 0 Å². The molecule has 20 heavy (non-hydrogen) atoms. The first kappa shape index (κ1) is 12.0. The number of rotatable bonds is 3. The molecule has 0 spiro atoms. The van der Waals surface area contributed by atoms with Crippen LogP contribution in [0.3, 0.4) is 0 Å². The maximum Gasteiger partial charge on any atom is 0.336 e. The monoisotopic (exact) mass is 274 g/mol. The number of amides is 1. The van der Waals surface area contributed by atoms with E-state index in [1.54, 1.807) is 6.92 Å². The fraction of sp³-hybridized carbons (Fsp3) is 0.200. The maximum atomic E-state index is 12.2. The Hall–Kier alpha value is -3.04. The van der Waals surface area contributed by atoms with Gasteiger partial charge in [-0.15, -0.1) is 5.10 Å². The van der Waals surface area contributed by atoms with Gasteiger partial charge in [0.15, 0.2) is 0 Å². The van der Waals surface area contributed by atoms with Crippen LogP contribution in [0.2, 0.25) is 0 Å². The van der Waals surface area contributed by atoms with E-state index in [9.17, 15) is 4.79 Å². The summed E-state index contributed by atoms with van der Waals surface area (Å²) in [4.78, 5) is 24.0. The van der Waals surface area contributed by atoms with Crippen LogP contribution in [0.15, 0.2) is 12.5 Å². The number of nitrogens with one attached hydrogen (secondary N) is 2. The second kappa shape index (κ2) is 4.57. The number of carbonyl (C=O) groups is 1. The lowest BCUT2D eigenvalue weighted by Gasteiger charge is -2.05. The van der Waals surface area contributed by atoms with Crippen molar-refractivity contribution in [2.75, 3.05) is 12.4 Å². The second-order valence-electron chi connectivity index (χ2n) is 3.85. The first-order valence-corrected chi connectivity index (χ1v) is 5.62. The zero-order valence-electron chi connectivity index (χ0n) is 10.7. The topological polar surface area (TPSA) is 123 Å². The number of ether oxygens (including phenoxy) is 1. The number of hydrogen-bond donors (Lipinski definition) is 2. The van der Waals surface area contributed by atoms with Gasteiger partial charge in [0.2, 0.25) is 5.95 Å². The van der Waals surface area contributed by atoms with E-state index in [2.05, 4.69) is 35.6 Å². The molecule has 0 aliphatic carbocycles. The smallest absolute Gasteiger partial charge is 0.336 e. The summed E-state index contributed by atoms with van der Waals surface area (Å²) in [7, 11) is 1.43. The van der Waals surface area contributed by atoms with Crippen molar-refractivity contribution < 1.29 is 9.53 Å². The number of aromatic nitrogens is 7. The van der Waals surface area contributed by atoms with E-state index in [4.69, 9.17) is 4.74 Å². The molecule has 0 aliphatic heterocycles. The molecule has 0 bridgehead atoms. The van der Waals surface area contributed by atoms with Crippen LogP contribution in [0.25, 0.3) is 5.78 Å². The molecule has 0 unspecified atom stereocenters. The van der Waals surface area contributed by atoms with Crippen LogP contribution in [-0.2, 0) is 0 Å². The number of aromatic amines is 1. The normalized spacial score (nSPS) is 10.7. The van der Waals surface area contributed by atoms with Crippen LogP contribution in [0, 0.1) is 6.92 Å². The lowest BCUT2D eigenvalue weighted by Crippen LogP contribution is -2.17. The van der Waals surface area contributed by atoms with Gasteiger partial charge in [0, 0.05) is 6.20 Å². The predicted octanol–water partition coefficient (Wildman–Crippen LogP) is -0.188. The first-order valence-electron chi connectivity index (χ1n) is 5.62. The van der Waals surface area contributed by atoms with E-state index in [1.165, 1.54) is 24.1 Å². The number of methoxy groups -OCH3 is 1. The average Bonchev–Trinajstić information content (AvgIpc) is 3.07. The first-order chi connectivity index (χ1) is 9.69. The highest BCUT2D eigenvalue weighted by Gasteiger charge is 2.15. The number of anilines is 1. The van der Waals surface area contributed by atoms with Crippen molar-refractivity contribution in [3.8, 4) is 6.01 Å².